The average Bonchev–Trinajstić information content (AvgIpc) is 2.38. The van der Waals surface area contributed by atoms with Crippen LogP contribution in [0.1, 0.15) is 24.8 Å². The minimum absolute atomic E-state index is 0.331. The summed E-state index contributed by atoms with van der Waals surface area (Å²) in [7, 11) is 1.37. The van der Waals surface area contributed by atoms with Gasteiger partial charge in [0.05, 0.1) is 13.2 Å². The van der Waals surface area contributed by atoms with Gasteiger partial charge in [-0.2, -0.15) is 0 Å². The van der Waals surface area contributed by atoms with Crippen LogP contribution in [0, 0.1) is 0 Å². The van der Waals surface area contributed by atoms with Crippen LogP contribution in [0.2, 0.25) is 0 Å². The van der Waals surface area contributed by atoms with E-state index in [4.69, 9.17) is 4.74 Å². The molecule has 0 amide bonds. The van der Waals surface area contributed by atoms with E-state index in [9.17, 15) is 9.90 Å². The lowest BCUT2D eigenvalue weighted by Crippen LogP contribution is -2.21. The van der Waals surface area contributed by atoms with Gasteiger partial charge in [-0.15, -0.1) is 0 Å². The number of esters is 1. The number of aliphatic hydroxyl groups excluding tert-OH is 1. The molecule has 0 saturated heterocycles. The van der Waals surface area contributed by atoms with Crippen LogP contribution in [0.25, 0.3) is 5.57 Å². The molecule has 1 aromatic carbocycles. The summed E-state index contributed by atoms with van der Waals surface area (Å²) in [6, 6.07) is 9.54. The molecule has 0 saturated carbocycles. The van der Waals surface area contributed by atoms with Gasteiger partial charge in [0.2, 0.25) is 0 Å². The Hall–Kier alpha value is -1.61. The third-order valence-corrected chi connectivity index (χ3v) is 3.08. The highest BCUT2D eigenvalue weighted by Gasteiger charge is 2.26. The maximum Gasteiger partial charge on any atom is 0.334 e. The quantitative estimate of drug-likeness (QED) is 0.795. The lowest BCUT2D eigenvalue weighted by atomic mass is 9.85. The average molecular weight is 232 g/mol. The van der Waals surface area contributed by atoms with E-state index in [1.54, 1.807) is 0 Å². The van der Waals surface area contributed by atoms with Crippen LogP contribution < -0.4 is 0 Å². The molecule has 1 aromatic rings. The summed E-state index contributed by atoms with van der Waals surface area (Å²) >= 11 is 0. The van der Waals surface area contributed by atoms with Crippen LogP contribution in [0.4, 0.5) is 0 Å². The molecule has 0 radical (unpaired) electrons. The first kappa shape index (κ1) is 11.9. The highest BCUT2D eigenvalue weighted by Crippen LogP contribution is 2.33. The van der Waals surface area contributed by atoms with Crippen molar-refractivity contribution in [2.24, 2.45) is 0 Å². The molecular formula is C14H16O3. The summed E-state index contributed by atoms with van der Waals surface area (Å²) in [5.74, 6) is -0.331. The molecule has 0 bridgehead atoms. The number of aliphatic hydroxyl groups is 1. The second-order valence-electron chi connectivity index (χ2n) is 4.16. The van der Waals surface area contributed by atoms with Gasteiger partial charge in [-0.1, -0.05) is 30.3 Å². The van der Waals surface area contributed by atoms with Gasteiger partial charge >= 0.3 is 5.97 Å². The van der Waals surface area contributed by atoms with Crippen LogP contribution in [0.15, 0.2) is 35.9 Å². The van der Waals surface area contributed by atoms with Crippen molar-refractivity contribution in [3.05, 3.63) is 41.5 Å². The number of benzene rings is 1. The molecule has 1 aliphatic rings. The molecule has 1 aliphatic carbocycles. The molecule has 3 nitrogen and oxygen atoms in total. The number of carbonyl (C=O) groups excluding carboxylic acids is 1. The zero-order valence-electron chi connectivity index (χ0n) is 9.85. The maximum atomic E-state index is 11.7. The lowest BCUT2D eigenvalue weighted by Gasteiger charge is -2.24. The second-order valence-corrected chi connectivity index (χ2v) is 4.16. The zero-order chi connectivity index (χ0) is 12.3. The van der Waals surface area contributed by atoms with E-state index in [-0.39, 0.29) is 5.97 Å². The third-order valence-electron chi connectivity index (χ3n) is 3.08. The van der Waals surface area contributed by atoms with Gasteiger partial charge in [-0.05, 0) is 30.4 Å². The first-order valence-corrected chi connectivity index (χ1v) is 5.79. The number of hydrogen-bond acceptors (Lipinski definition) is 3. The molecule has 0 spiro atoms. The van der Waals surface area contributed by atoms with Crippen LogP contribution in [-0.2, 0) is 9.53 Å². The zero-order valence-corrected chi connectivity index (χ0v) is 9.85. The van der Waals surface area contributed by atoms with Crippen LogP contribution in [0.5, 0.6) is 0 Å². The van der Waals surface area contributed by atoms with Crippen molar-refractivity contribution in [1.29, 1.82) is 0 Å². The van der Waals surface area contributed by atoms with Gasteiger partial charge in [0, 0.05) is 5.57 Å². The van der Waals surface area contributed by atoms with Crippen molar-refractivity contribution in [3.63, 3.8) is 0 Å². The molecule has 0 aliphatic heterocycles. The van der Waals surface area contributed by atoms with E-state index in [2.05, 4.69) is 0 Å². The number of rotatable bonds is 2. The summed E-state index contributed by atoms with van der Waals surface area (Å²) in [5, 5.41) is 10.1. The number of carbonyl (C=O) groups is 1. The molecule has 90 valence electrons. The number of ether oxygens (including phenoxy) is 1. The molecule has 2 rings (SSSR count). The minimum Gasteiger partial charge on any atom is -0.466 e. The Labute approximate surface area is 101 Å². The topological polar surface area (TPSA) is 46.5 Å². The Balaban J connectivity index is 2.49. The standard InChI is InChI=1S/C14H16O3/c1-17-14(16)11-8-5-9-12(15)13(11)10-6-3-2-4-7-10/h2-4,6-7,12,15H,5,8-9H2,1H3/t12-/m0/s1. The van der Waals surface area contributed by atoms with Gasteiger partial charge in [0.1, 0.15) is 0 Å². The molecule has 0 unspecified atom stereocenters. The SMILES string of the molecule is COC(=O)C1=C(c2ccccc2)[C@@H](O)CCC1. The number of methoxy groups -OCH3 is 1. The normalized spacial score (nSPS) is 20.2. The predicted molar refractivity (Wildman–Crippen MR) is 65.2 cm³/mol. The molecule has 0 aromatic heterocycles. The highest BCUT2D eigenvalue weighted by atomic mass is 16.5. The van der Waals surface area contributed by atoms with Crippen LogP contribution >= 0.6 is 0 Å². The molecule has 0 fully saturated rings. The van der Waals surface area contributed by atoms with E-state index in [0.717, 1.165) is 17.6 Å². The summed E-state index contributed by atoms with van der Waals surface area (Å²) < 4.78 is 4.78. The van der Waals surface area contributed by atoms with E-state index in [1.165, 1.54) is 7.11 Å². The third kappa shape index (κ3) is 2.39. The first-order valence-electron chi connectivity index (χ1n) is 5.79. The van der Waals surface area contributed by atoms with Crippen molar-refractivity contribution in [2.75, 3.05) is 7.11 Å². The van der Waals surface area contributed by atoms with Crippen LogP contribution in [-0.4, -0.2) is 24.3 Å². The Bertz CT molecular complexity index is 434. The van der Waals surface area contributed by atoms with Gasteiger partial charge < -0.3 is 9.84 Å². The molecule has 3 heteroatoms. The Morgan fingerprint density at radius 2 is 2.06 bits per heavy atom. The van der Waals surface area contributed by atoms with Crippen molar-refractivity contribution >= 4 is 11.5 Å². The second kappa shape index (κ2) is 5.15. The Kier molecular flexibility index (Phi) is 3.59. The van der Waals surface area contributed by atoms with E-state index in [1.807, 2.05) is 30.3 Å². The minimum atomic E-state index is -0.569. The van der Waals surface area contributed by atoms with Crippen molar-refractivity contribution in [2.45, 2.75) is 25.4 Å². The molecule has 1 atom stereocenters. The monoisotopic (exact) mass is 232 g/mol. The molecule has 0 heterocycles. The van der Waals surface area contributed by atoms with E-state index in [0.29, 0.717) is 18.4 Å². The summed E-state index contributed by atoms with van der Waals surface area (Å²) in [4.78, 5) is 11.7. The highest BCUT2D eigenvalue weighted by molar-refractivity contribution is 5.98. The fourth-order valence-corrected chi connectivity index (χ4v) is 2.27. The van der Waals surface area contributed by atoms with Gasteiger partial charge in [-0.3, -0.25) is 0 Å². The van der Waals surface area contributed by atoms with Gasteiger partial charge in [-0.25, -0.2) is 4.79 Å². The summed E-state index contributed by atoms with van der Waals surface area (Å²) in [6.45, 7) is 0. The maximum absolute atomic E-state index is 11.7. The lowest BCUT2D eigenvalue weighted by molar-refractivity contribution is -0.136. The van der Waals surface area contributed by atoms with E-state index < -0.39 is 6.10 Å². The summed E-state index contributed by atoms with van der Waals surface area (Å²) in [6.07, 6.45) is 1.63. The predicted octanol–water partition coefficient (Wildman–Crippen LogP) is 2.16. The largest absolute Gasteiger partial charge is 0.466 e. The Morgan fingerprint density at radius 3 is 2.71 bits per heavy atom. The fraction of sp³-hybridized carbons (Fsp3) is 0.357. The molecule has 1 N–H and O–H groups in total. The molecule has 17 heavy (non-hydrogen) atoms. The first-order chi connectivity index (χ1) is 8.24. The molecular weight excluding hydrogens is 216 g/mol. The number of hydrogen-bond donors (Lipinski definition) is 1. The van der Waals surface area contributed by atoms with Crippen molar-refractivity contribution in [3.8, 4) is 0 Å². The Morgan fingerprint density at radius 1 is 1.35 bits per heavy atom. The summed E-state index contributed by atoms with van der Waals surface area (Å²) in [5.41, 5.74) is 2.24. The van der Waals surface area contributed by atoms with E-state index >= 15 is 0 Å². The van der Waals surface area contributed by atoms with Crippen LogP contribution in [0.3, 0.4) is 0 Å². The van der Waals surface area contributed by atoms with Gasteiger partial charge in [0.25, 0.3) is 0 Å². The van der Waals surface area contributed by atoms with Crippen molar-refractivity contribution in [1.82, 2.24) is 0 Å². The fourth-order valence-electron chi connectivity index (χ4n) is 2.27. The van der Waals surface area contributed by atoms with Gasteiger partial charge in [0.15, 0.2) is 0 Å². The smallest absolute Gasteiger partial charge is 0.334 e. The van der Waals surface area contributed by atoms with Crippen molar-refractivity contribution < 1.29 is 14.6 Å².